The summed E-state index contributed by atoms with van der Waals surface area (Å²) in [6.45, 7) is 0.468. The number of nitrogens with zero attached hydrogens (tertiary/aromatic N) is 2. The number of hydrogen-bond donors (Lipinski definition) is 1. The molecule has 0 saturated heterocycles. The van der Waals surface area contributed by atoms with E-state index in [2.05, 4.69) is 15.2 Å². The second kappa shape index (κ2) is 9.19. The predicted octanol–water partition coefficient (Wildman–Crippen LogP) is 3.31. The number of oxazole rings is 1. The van der Waals surface area contributed by atoms with Gasteiger partial charge in [-0.15, -0.1) is 0 Å². The molecular formula is C22H25N3O3. The van der Waals surface area contributed by atoms with E-state index in [-0.39, 0.29) is 18.4 Å². The molecule has 3 rings (SSSR count). The molecule has 1 atom stereocenters. The minimum absolute atomic E-state index is 0.00251. The molecule has 6 heteroatoms. The Kier molecular flexibility index (Phi) is 6.45. The molecule has 1 unspecified atom stereocenters. The lowest BCUT2D eigenvalue weighted by Crippen LogP contribution is -2.35. The normalized spacial score (nSPS) is 12.0. The molecule has 0 spiro atoms. The molecule has 0 radical (unpaired) electrons. The number of carbonyl (C=O) groups is 1. The van der Waals surface area contributed by atoms with Crippen LogP contribution in [0.3, 0.4) is 0 Å². The summed E-state index contributed by atoms with van der Waals surface area (Å²) in [4.78, 5) is 18.9. The van der Waals surface area contributed by atoms with Crippen molar-refractivity contribution in [3.05, 3.63) is 72.1 Å². The summed E-state index contributed by atoms with van der Waals surface area (Å²) in [5.41, 5.74) is 2.52. The Labute approximate surface area is 165 Å². The first-order chi connectivity index (χ1) is 13.6. The van der Waals surface area contributed by atoms with E-state index in [1.165, 1.54) is 6.26 Å². The van der Waals surface area contributed by atoms with Gasteiger partial charge in [0.2, 0.25) is 11.8 Å². The summed E-state index contributed by atoms with van der Waals surface area (Å²) < 4.78 is 11.0. The number of benzene rings is 2. The highest BCUT2D eigenvalue weighted by molar-refractivity contribution is 5.78. The van der Waals surface area contributed by atoms with Crippen LogP contribution in [0.25, 0.3) is 11.5 Å². The number of nitrogens with one attached hydrogen (secondary N) is 1. The zero-order valence-corrected chi connectivity index (χ0v) is 16.4. The van der Waals surface area contributed by atoms with Crippen molar-refractivity contribution in [3.63, 3.8) is 0 Å². The van der Waals surface area contributed by atoms with Crippen LogP contribution in [0.4, 0.5) is 0 Å². The number of carbonyl (C=O) groups excluding carboxylic acids is 1. The molecule has 0 fully saturated rings. The van der Waals surface area contributed by atoms with E-state index in [9.17, 15) is 4.79 Å². The lowest BCUT2D eigenvalue weighted by molar-refractivity contribution is -0.120. The van der Waals surface area contributed by atoms with Crippen molar-refractivity contribution in [1.29, 1.82) is 0 Å². The van der Waals surface area contributed by atoms with Gasteiger partial charge in [0.1, 0.15) is 12.0 Å². The second-order valence-corrected chi connectivity index (χ2v) is 6.71. The van der Waals surface area contributed by atoms with Gasteiger partial charge in [0.05, 0.1) is 25.3 Å². The van der Waals surface area contributed by atoms with Gasteiger partial charge in [-0.3, -0.25) is 4.79 Å². The van der Waals surface area contributed by atoms with Crippen LogP contribution in [0.1, 0.15) is 17.3 Å². The molecule has 1 heterocycles. The third kappa shape index (κ3) is 4.78. The summed E-state index contributed by atoms with van der Waals surface area (Å²) in [6, 6.07) is 17.5. The molecule has 3 aromatic rings. The molecule has 0 aliphatic heterocycles. The van der Waals surface area contributed by atoms with Crippen molar-refractivity contribution in [2.75, 3.05) is 27.7 Å². The van der Waals surface area contributed by atoms with Gasteiger partial charge >= 0.3 is 0 Å². The lowest BCUT2D eigenvalue weighted by Gasteiger charge is -2.26. The summed E-state index contributed by atoms with van der Waals surface area (Å²) in [5.74, 6) is 1.22. The van der Waals surface area contributed by atoms with Gasteiger partial charge in [-0.2, -0.15) is 0 Å². The summed E-state index contributed by atoms with van der Waals surface area (Å²) >= 11 is 0. The number of hydrogen-bond acceptors (Lipinski definition) is 5. The standard InChI is InChI=1S/C22H25N3O3/c1-25(2)19(18-11-7-8-12-20(18)27-3)14-23-21(26)13-17-15-28-22(24-17)16-9-5-4-6-10-16/h4-12,15,19H,13-14H2,1-3H3,(H,23,26). The van der Waals surface area contributed by atoms with Gasteiger partial charge in [-0.1, -0.05) is 36.4 Å². The highest BCUT2D eigenvalue weighted by Crippen LogP contribution is 2.27. The number of aromatic nitrogens is 1. The van der Waals surface area contributed by atoms with E-state index in [0.29, 0.717) is 18.1 Å². The number of likely N-dealkylation sites (N-methyl/N-ethyl adjacent to an activating group) is 1. The molecule has 146 valence electrons. The van der Waals surface area contributed by atoms with E-state index in [4.69, 9.17) is 9.15 Å². The number of para-hydroxylation sites is 1. The Bertz CT molecular complexity index is 906. The van der Waals surface area contributed by atoms with Crippen molar-refractivity contribution >= 4 is 5.91 Å². The SMILES string of the molecule is COc1ccccc1C(CNC(=O)Cc1coc(-c2ccccc2)n1)N(C)C. The Morgan fingerprint density at radius 2 is 1.86 bits per heavy atom. The van der Waals surface area contributed by atoms with Crippen molar-refractivity contribution in [2.45, 2.75) is 12.5 Å². The zero-order chi connectivity index (χ0) is 19.9. The Hall–Kier alpha value is -3.12. The zero-order valence-electron chi connectivity index (χ0n) is 16.4. The summed E-state index contributed by atoms with van der Waals surface area (Å²) in [5, 5.41) is 2.99. The van der Waals surface area contributed by atoms with Gasteiger partial charge < -0.3 is 19.4 Å². The average Bonchev–Trinajstić information content (AvgIpc) is 3.17. The van der Waals surface area contributed by atoms with Crippen molar-refractivity contribution in [2.24, 2.45) is 0 Å². The third-order valence-electron chi connectivity index (χ3n) is 4.53. The van der Waals surface area contributed by atoms with Crippen LogP contribution < -0.4 is 10.1 Å². The van der Waals surface area contributed by atoms with E-state index in [1.54, 1.807) is 7.11 Å². The monoisotopic (exact) mass is 379 g/mol. The van der Waals surface area contributed by atoms with Gasteiger partial charge in [0.25, 0.3) is 0 Å². The maximum Gasteiger partial charge on any atom is 0.226 e. The number of amides is 1. The van der Waals surface area contributed by atoms with Crippen LogP contribution in [0.5, 0.6) is 5.75 Å². The lowest BCUT2D eigenvalue weighted by atomic mass is 10.0. The Morgan fingerprint density at radius 3 is 2.57 bits per heavy atom. The van der Waals surface area contributed by atoms with Crippen LogP contribution in [-0.4, -0.2) is 43.5 Å². The van der Waals surface area contributed by atoms with Crippen LogP contribution >= 0.6 is 0 Å². The maximum absolute atomic E-state index is 12.4. The van der Waals surface area contributed by atoms with Gasteiger partial charge in [0.15, 0.2) is 0 Å². The van der Waals surface area contributed by atoms with Crippen molar-refractivity contribution in [1.82, 2.24) is 15.2 Å². The minimum Gasteiger partial charge on any atom is -0.496 e. The molecule has 0 aliphatic carbocycles. The summed E-state index contributed by atoms with van der Waals surface area (Å²) in [6.07, 6.45) is 1.70. The quantitative estimate of drug-likeness (QED) is 0.650. The van der Waals surface area contributed by atoms with Crippen LogP contribution in [0, 0.1) is 0 Å². The third-order valence-corrected chi connectivity index (χ3v) is 4.53. The maximum atomic E-state index is 12.4. The molecular weight excluding hydrogens is 354 g/mol. The van der Waals surface area contributed by atoms with Crippen LogP contribution in [0.2, 0.25) is 0 Å². The van der Waals surface area contributed by atoms with Crippen molar-refractivity contribution in [3.8, 4) is 17.2 Å². The van der Waals surface area contributed by atoms with E-state index >= 15 is 0 Å². The fourth-order valence-electron chi connectivity index (χ4n) is 3.05. The molecule has 0 aliphatic rings. The largest absolute Gasteiger partial charge is 0.496 e. The minimum atomic E-state index is -0.102. The van der Waals surface area contributed by atoms with Crippen LogP contribution in [-0.2, 0) is 11.2 Å². The van der Waals surface area contributed by atoms with E-state index in [1.807, 2.05) is 68.7 Å². The summed E-state index contributed by atoms with van der Waals surface area (Å²) in [7, 11) is 5.61. The van der Waals surface area contributed by atoms with Gasteiger partial charge in [-0.05, 0) is 32.3 Å². The van der Waals surface area contributed by atoms with Crippen molar-refractivity contribution < 1.29 is 13.9 Å². The van der Waals surface area contributed by atoms with Gasteiger partial charge in [-0.25, -0.2) is 4.98 Å². The van der Waals surface area contributed by atoms with Crippen LogP contribution in [0.15, 0.2) is 65.3 Å². The second-order valence-electron chi connectivity index (χ2n) is 6.71. The molecule has 1 amide bonds. The average molecular weight is 379 g/mol. The molecule has 28 heavy (non-hydrogen) atoms. The van der Waals surface area contributed by atoms with E-state index in [0.717, 1.165) is 16.9 Å². The topological polar surface area (TPSA) is 67.6 Å². The first-order valence-electron chi connectivity index (χ1n) is 9.14. The first kappa shape index (κ1) is 19.6. The Morgan fingerprint density at radius 1 is 1.14 bits per heavy atom. The molecule has 0 bridgehead atoms. The molecule has 1 N–H and O–H groups in total. The molecule has 1 aromatic heterocycles. The first-order valence-corrected chi connectivity index (χ1v) is 9.14. The number of ether oxygens (including phenoxy) is 1. The smallest absolute Gasteiger partial charge is 0.226 e. The van der Waals surface area contributed by atoms with E-state index < -0.39 is 0 Å². The molecule has 6 nitrogen and oxygen atoms in total. The highest BCUT2D eigenvalue weighted by atomic mass is 16.5. The number of rotatable bonds is 8. The fraction of sp³-hybridized carbons (Fsp3) is 0.273. The fourth-order valence-corrected chi connectivity index (χ4v) is 3.05. The molecule has 2 aromatic carbocycles. The number of methoxy groups -OCH3 is 1. The Balaban J connectivity index is 1.62. The molecule has 0 saturated carbocycles. The van der Waals surface area contributed by atoms with Gasteiger partial charge in [0, 0.05) is 17.7 Å². The highest BCUT2D eigenvalue weighted by Gasteiger charge is 2.19. The predicted molar refractivity (Wildman–Crippen MR) is 108 cm³/mol.